The lowest BCUT2D eigenvalue weighted by atomic mass is 10.2. The van der Waals surface area contributed by atoms with Gasteiger partial charge in [0.25, 0.3) is 0 Å². The summed E-state index contributed by atoms with van der Waals surface area (Å²) in [5.41, 5.74) is 0. The summed E-state index contributed by atoms with van der Waals surface area (Å²) in [4.78, 5) is 29.2. The largest absolute Gasteiger partial charge is 0.339 e. The van der Waals surface area contributed by atoms with Gasteiger partial charge < -0.3 is 20.0 Å². The van der Waals surface area contributed by atoms with Gasteiger partial charge in [-0.25, -0.2) is 0 Å². The fourth-order valence-electron chi connectivity index (χ4n) is 1.97. The van der Waals surface area contributed by atoms with Crippen LogP contribution in [-0.2, 0) is 9.59 Å². The van der Waals surface area contributed by atoms with Crippen LogP contribution in [0.5, 0.6) is 0 Å². The number of likely N-dealkylation sites (N-methyl/N-ethyl adjacent to an activating group) is 1. The molecule has 0 saturated carbocycles. The Morgan fingerprint density at radius 1 is 1.06 bits per heavy atom. The third-order valence-corrected chi connectivity index (χ3v) is 3.03. The number of carbonyl (C=O) groups is 2. The second kappa shape index (κ2) is 7.33. The molecule has 0 atom stereocenters. The summed E-state index contributed by atoms with van der Waals surface area (Å²) in [6.07, 6.45) is 0.530. The van der Waals surface area contributed by atoms with Crippen LogP contribution in [0.15, 0.2) is 0 Å². The van der Waals surface area contributed by atoms with E-state index in [1.54, 1.807) is 0 Å². The van der Waals surface area contributed by atoms with E-state index in [1.807, 2.05) is 35.8 Å². The molecule has 1 N–H and O–H groups in total. The molecule has 0 spiro atoms. The SMILES string of the molecule is CNCCC(=O)N1CCN(C(=O)CN(C)C)CC1. The highest BCUT2D eigenvalue weighted by atomic mass is 16.2. The van der Waals surface area contributed by atoms with E-state index in [2.05, 4.69) is 5.32 Å². The van der Waals surface area contributed by atoms with Crippen molar-refractivity contribution in [1.29, 1.82) is 0 Å². The smallest absolute Gasteiger partial charge is 0.236 e. The van der Waals surface area contributed by atoms with Gasteiger partial charge in [-0.1, -0.05) is 0 Å². The molecule has 2 amide bonds. The predicted molar refractivity (Wildman–Crippen MR) is 70.3 cm³/mol. The van der Waals surface area contributed by atoms with Crippen LogP contribution in [0.2, 0.25) is 0 Å². The van der Waals surface area contributed by atoms with E-state index in [1.165, 1.54) is 0 Å². The summed E-state index contributed by atoms with van der Waals surface area (Å²) in [6, 6.07) is 0. The van der Waals surface area contributed by atoms with Crippen molar-refractivity contribution in [2.45, 2.75) is 6.42 Å². The molecule has 0 aromatic rings. The Labute approximate surface area is 109 Å². The first-order valence-electron chi connectivity index (χ1n) is 6.39. The van der Waals surface area contributed by atoms with Crippen LogP contribution in [0.4, 0.5) is 0 Å². The second-order valence-corrected chi connectivity index (χ2v) is 4.85. The van der Waals surface area contributed by atoms with E-state index in [-0.39, 0.29) is 11.8 Å². The Morgan fingerprint density at radius 3 is 2.00 bits per heavy atom. The van der Waals surface area contributed by atoms with Gasteiger partial charge in [0, 0.05) is 39.1 Å². The van der Waals surface area contributed by atoms with Crippen molar-refractivity contribution < 1.29 is 9.59 Å². The highest BCUT2D eigenvalue weighted by molar-refractivity contribution is 5.79. The quantitative estimate of drug-likeness (QED) is 0.673. The number of rotatable bonds is 5. The first-order chi connectivity index (χ1) is 8.54. The second-order valence-electron chi connectivity index (χ2n) is 4.85. The first-order valence-corrected chi connectivity index (χ1v) is 6.39. The summed E-state index contributed by atoms with van der Waals surface area (Å²) < 4.78 is 0. The van der Waals surface area contributed by atoms with Crippen LogP contribution in [0.3, 0.4) is 0 Å². The predicted octanol–water partition coefficient (Wildman–Crippen LogP) is -1.17. The number of hydrogen-bond donors (Lipinski definition) is 1. The lowest BCUT2D eigenvalue weighted by molar-refractivity contribution is -0.139. The van der Waals surface area contributed by atoms with Gasteiger partial charge in [0.2, 0.25) is 11.8 Å². The van der Waals surface area contributed by atoms with E-state index >= 15 is 0 Å². The van der Waals surface area contributed by atoms with Crippen molar-refractivity contribution in [3.8, 4) is 0 Å². The maximum absolute atomic E-state index is 11.8. The number of amides is 2. The molecule has 0 aromatic carbocycles. The first kappa shape index (κ1) is 14.9. The molecule has 6 heteroatoms. The third kappa shape index (κ3) is 4.62. The molecule has 0 aromatic heterocycles. The zero-order valence-corrected chi connectivity index (χ0v) is 11.6. The lowest BCUT2D eigenvalue weighted by Crippen LogP contribution is -2.52. The fraction of sp³-hybridized carbons (Fsp3) is 0.833. The molecule has 104 valence electrons. The zero-order chi connectivity index (χ0) is 13.5. The maximum atomic E-state index is 11.8. The van der Waals surface area contributed by atoms with Crippen LogP contribution in [0.25, 0.3) is 0 Å². The molecule has 18 heavy (non-hydrogen) atoms. The molecule has 0 aliphatic carbocycles. The summed E-state index contributed by atoms with van der Waals surface area (Å²) in [5.74, 6) is 0.311. The zero-order valence-electron chi connectivity index (χ0n) is 11.6. The molecule has 6 nitrogen and oxygen atoms in total. The van der Waals surface area contributed by atoms with Gasteiger partial charge in [0.15, 0.2) is 0 Å². The molecule has 1 fully saturated rings. The normalized spacial score (nSPS) is 16.2. The third-order valence-electron chi connectivity index (χ3n) is 3.03. The molecule has 1 aliphatic rings. The minimum Gasteiger partial charge on any atom is -0.339 e. The molecule has 0 radical (unpaired) electrons. The van der Waals surface area contributed by atoms with Crippen LogP contribution in [-0.4, -0.2) is 86.9 Å². The minimum absolute atomic E-state index is 0.141. The van der Waals surface area contributed by atoms with Crippen molar-refractivity contribution in [2.75, 3.05) is 60.4 Å². The Kier molecular flexibility index (Phi) is 6.07. The Balaban J connectivity index is 2.32. The van der Waals surface area contributed by atoms with Crippen molar-refractivity contribution in [3.63, 3.8) is 0 Å². The highest BCUT2D eigenvalue weighted by Crippen LogP contribution is 2.04. The summed E-state index contributed by atoms with van der Waals surface area (Å²) in [5, 5.41) is 2.97. The van der Waals surface area contributed by atoms with E-state index in [0.29, 0.717) is 45.7 Å². The number of piperazine rings is 1. The number of hydrogen-bond acceptors (Lipinski definition) is 4. The van der Waals surface area contributed by atoms with Gasteiger partial charge in [-0.15, -0.1) is 0 Å². The maximum Gasteiger partial charge on any atom is 0.236 e. The van der Waals surface area contributed by atoms with Crippen molar-refractivity contribution in [2.24, 2.45) is 0 Å². The van der Waals surface area contributed by atoms with Gasteiger partial charge in [0.1, 0.15) is 0 Å². The van der Waals surface area contributed by atoms with Gasteiger partial charge in [0.05, 0.1) is 6.54 Å². The average molecular weight is 256 g/mol. The van der Waals surface area contributed by atoms with Gasteiger partial charge in [-0.05, 0) is 21.1 Å². The molecule has 0 unspecified atom stereocenters. The number of carbonyl (C=O) groups excluding carboxylic acids is 2. The topological polar surface area (TPSA) is 55.9 Å². The Morgan fingerprint density at radius 2 is 1.56 bits per heavy atom. The fourth-order valence-corrected chi connectivity index (χ4v) is 1.97. The molecule has 1 heterocycles. The summed E-state index contributed by atoms with van der Waals surface area (Å²) >= 11 is 0. The molecular formula is C12H24N4O2. The standard InChI is InChI=1S/C12H24N4O2/c1-13-5-4-11(17)15-6-8-16(9-7-15)12(18)10-14(2)3/h13H,4-10H2,1-3H3. The monoisotopic (exact) mass is 256 g/mol. The lowest BCUT2D eigenvalue weighted by Gasteiger charge is -2.35. The molecule has 1 rings (SSSR count). The van der Waals surface area contributed by atoms with Crippen LogP contribution in [0.1, 0.15) is 6.42 Å². The van der Waals surface area contributed by atoms with Gasteiger partial charge >= 0.3 is 0 Å². The van der Waals surface area contributed by atoms with E-state index in [4.69, 9.17) is 0 Å². The van der Waals surface area contributed by atoms with Gasteiger partial charge in [-0.3, -0.25) is 9.59 Å². The van der Waals surface area contributed by atoms with Crippen molar-refractivity contribution >= 4 is 11.8 Å². The molecule has 1 saturated heterocycles. The average Bonchev–Trinajstić information content (AvgIpc) is 2.35. The Bertz CT molecular complexity index is 286. The van der Waals surface area contributed by atoms with E-state index < -0.39 is 0 Å². The summed E-state index contributed by atoms with van der Waals surface area (Å²) in [7, 11) is 5.61. The van der Waals surface area contributed by atoms with E-state index in [9.17, 15) is 9.59 Å². The summed E-state index contributed by atoms with van der Waals surface area (Å²) in [6.45, 7) is 3.76. The highest BCUT2D eigenvalue weighted by Gasteiger charge is 2.23. The van der Waals surface area contributed by atoms with Gasteiger partial charge in [-0.2, -0.15) is 0 Å². The Hall–Kier alpha value is -1.14. The van der Waals surface area contributed by atoms with Crippen molar-refractivity contribution in [3.05, 3.63) is 0 Å². The number of nitrogens with zero attached hydrogens (tertiary/aromatic N) is 3. The minimum atomic E-state index is 0.141. The van der Waals surface area contributed by atoms with Crippen LogP contribution < -0.4 is 5.32 Å². The van der Waals surface area contributed by atoms with E-state index in [0.717, 1.165) is 0 Å². The van der Waals surface area contributed by atoms with Crippen LogP contribution in [0, 0.1) is 0 Å². The molecule has 1 aliphatic heterocycles. The molecule has 0 bridgehead atoms. The molecular weight excluding hydrogens is 232 g/mol. The van der Waals surface area contributed by atoms with Crippen LogP contribution >= 0.6 is 0 Å². The van der Waals surface area contributed by atoms with Crippen molar-refractivity contribution in [1.82, 2.24) is 20.0 Å². The number of nitrogens with one attached hydrogen (secondary N) is 1.